The molecule has 0 fully saturated rings. The molecule has 1 unspecified atom stereocenters. The average Bonchev–Trinajstić information content (AvgIpc) is 2.40. The summed E-state index contributed by atoms with van der Waals surface area (Å²) in [5.41, 5.74) is 2.85. The number of ether oxygens (including phenoxy) is 1. The molecule has 0 saturated carbocycles. The first-order chi connectivity index (χ1) is 9.15. The fourth-order valence-electron chi connectivity index (χ4n) is 2.47. The van der Waals surface area contributed by atoms with Crippen molar-refractivity contribution in [2.75, 3.05) is 19.7 Å². The Labute approximate surface area is 115 Å². The van der Waals surface area contributed by atoms with Gasteiger partial charge >= 0.3 is 0 Å². The van der Waals surface area contributed by atoms with E-state index in [0.717, 1.165) is 35.4 Å². The van der Waals surface area contributed by atoms with Crippen molar-refractivity contribution in [3.05, 3.63) is 28.8 Å². The molecule has 1 aromatic rings. The summed E-state index contributed by atoms with van der Waals surface area (Å²) in [5.74, 6) is 0.964. The van der Waals surface area contributed by atoms with E-state index in [9.17, 15) is 4.79 Å². The van der Waals surface area contributed by atoms with Crippen LogP contribution in [-0.2, 0) is 0 Å². The number of carbonyl (C=O) groups is 1. The molecule has 0 aliphatic carbocycles. The first-order valence-electron chi connectivity index (χ1n) is 7.13. The van der Waals surface area contributed by atoms with Crippen molar-refractivity contribution in [3.63, 3.8) is 0 Å². The molecule has 2 rings (SSSR count). The molecule has 3 heteroatoms. The second-order valence-corrected chi connectivity index (χ2v) is 5.33. The molecular weight excluding hydrogens is 238 g/mol. The summed E-state index contributed by atoms with van der Waals surface area (Å²) in [6.07, 6.45) is 2.32. The molecule has 0 aromatic heterocycles. The molecule has 1 atom stereocenters. The van der Waals surface area contributed by atoms with Gasteiger partial charge in [0.25, 0.3) is 0 Å². The molecule has 1 N–H and O–H groups in total. The standard InChI is InChI=1S/C16H23NO2/c1-4-5-8-17-9-13-10-19-16-12(3)7-6-11(2)14(16)15(13)18/h6-7,13,17H,4-5,8-10H2,1-3H3. The number of unbranched alkanes of at least 4 members (excludes halogenated alkanes) is 1. The zero-order chi connectivity index (χ0) is 13.8. The highest BCUT2D eigenvalue weighted by molar-refractivity contribution is 6.03. The molecular formula is C16H23NO2. The van der Waals surface area contributed by atoms with Crippen molar-refractivity contribution >= 4 is 5.78 Å². The van der Waals surface area contributed by atoms with Crippen LogP contribution in [0.2, 0.25) is 0 Å². The van der Waals surface area contributed by atoms with E-state index >= 15 is 0 Å². The smallest absolute Gasteiger partial charge is 0.174 e. The minimum absolute atomic E-state index is 0.0511. The van der Waals surface area contributed by atoms with Crippen LogP contribution in [0.4, 0.5) is 0 Å². The van der Waals surface area contributed by atoms with Crippen LogP contribution in [-0.4, -0.2) is 25.5 Å². The minimum atomic E-state index is -0.0511. The van der Waals surface area contributed by atoms with Crippen LogP contribution in [0.15, 0.2) is 12.1 Å². The van der Waals surface area contributed by atoms with E-state index < -0.39 is 0 Å². The van der Waals surface area contributed by atoms with Gasteiger partial charge in [0.1, 0.15) is 5.75 Å². The van der Waals surface area contributed by atoms with Gasteiger partial charge in [0.15, 0.2) is 5.78 Å². The van der Waals surface area contributed by atoms with E-state index in [4.69, 9.17) is 4.74 Å². The largest absolute Gasteiger partial charge is 0.492 e. The maximum atomic E-state index is 12.5. The molecule has 104 valence electrons. The summed E-state index contributed by atoms with van der Waals surface area (Å²) in [4.78, 5) is 12.5. The van der Waals surface area contributed by atoms with Gasteiger partial charge in [0.2, 0.25) is 0 Å². The third kappa shape index (κ3) is 2.98. The summed E-state index contributed by atoms with van der Waals surface area (Å²) in [6.45, 7) is 8.32. The lowest BCUT2D eigenvalue weighted by atomic mass is 9.90. The quantitative estimate of drug-likeness (QED) is 0.828. The number of hydrogen-bond acceptors (Lipinski definition) is 3. The third-order valence-corrected chi connectivity index (χ3v) is 3.71. The Morgan fingerprint density at radius 2 is 2.05 bits per heavy atom. The van der Waals surface area contributed by atoms with E-state index in [1.807, 2.05) is 26.0 Å². The molecule has 0 spiro atoms. The number of benzene rings is 1. The Bertz CT molecular complexity index is 468. The molecule has 1 aromatic carbocycles. The van der Waals surface area contributed by atoms with Crippen LogP contribution < -0.4 is 10.1 Å². The van der Waals surface area contributed by atoms with Crippen LogP contribution in [0.1, 0.15) is 41.3 Å². The molecule has 0 amide bonds. The normalized spacial score (nSPS) is 18.1. The monoisotopic (exact) mass is 261 g/mol. The topological polar surface area (TPSA) is 38.3 Å². The van der Waals surface area contributed by atoms with Gasteiger partial charge in [-0.3, -0.25) is 4.79 Å². The van der Waals surface area contributed by atoms with Gasteiger partial charge in [-0.25, -0.2) is 0 Å². The molecule has 1 aliphatic heterocycles. The SMILES string of the molecule is CCCCNCC1COc2c(C)ccc(C)c2C1=O. The fraction of sp³-hybridized carbons (Fsp3) is 0.562. The number of hydrogen-bond donors (Lipinski definition) is 1. The molecule has 19 heavy (non-hydrogen) atoms. The van der Waals surface area contributed by atoms with Gasteiger partial charge in [-0.2, -0.15) is 0 Å². The van der Waals surface area contributed by atoms with E-state index in [-0.39, 0.29) is 11.7 Å². The zero-order valence-electron chi connectivity index (χ0n) is 12.1. The van der Waals surface area contributed by atoms with Crippen molar-refractivity contribution in [1.29, 1.82) is 0 Å². The Morgan fingerprint density at radius 1 is 1.32 bits per heavy atom. The van der Waals surface area contributed by atoms with Crippen molar-refractivity contribution in [2.45, 2.75) is 33.6 Å². The second-order valence-electron chi connectivity index (χ2n) is 5.33. The summed E-state index contributed by atoms with van der Waals surface area (Å²) in [7, 11) is 0. The lowest BCUT2D eigenvalue weighted by Gasteiger charge is -2.26. The lowest BCUT2D eigenvalue weighted by molar-refractivity contribution is 0.0828. The van der Waals surface area contributed by atoms with Crippen LogP contribution >= 0.6 is 0 Å². The van der Waals surface area contributed by atoms with Gasteiger partial charge < -0.3 is 10.1 Å². The van der Waals surface area contributed by atoms with Gasteiger partial charge in [0.05, 0.1) is 18.1 Å². The van der Waals surface area contributed by atoms with Crippen LogP contribution in [0.25, 0.3) is 0 Å². The second kappa shape index (κ2) is 6.20. The third-order valence-electron chi connectivity index (χ3n) is 3.71. The maximum Gasteiger partial charge on any atom is 0.174 e. The van der Waals surface area contributed by atoms with Crippen LogP contribution in [0, 0.1) is 19.8 Å². The molecule has 1 heterocycles. The van der Waals surface area contributed by atoms with E-state index in [2.05, 4.69) is 12.2 Å². The van der Waals surface area contributed by atoms with Crippen molar-refractivity contribution in [1.82, 2.24) is 5.32 Å². The van der Waals surface area contributed by atoms with Crippen LogP contribution in [0.3, 0.4) is 0 Å². The fourth-order valence-corrected chi connectivity index (χ4v) is 2.47. The minimum Gasteiger partial charge on any atom is -0.492 e. The first kappa shape index (κ1) is 14.1. The first-order valence-corrected chi connectivity index (χ1v) is 7.13. The zero-order valence-corrected chi connectivity index (χ0v) is 12.1. The molecule has 3 nitrogen and oxygen atoms in total. The van der Waals surface area contributed by atoms with Gasteiger partial charge in [-0.1, -0.05) is 25.5 Å². The summed E-state index contributed by atoms with van der Waals surface area (Å²) >= 11 is 0. The molecule has 0 saturated heterocycles. The van der Waals surface area contributed by atoms with E-state index in [0.29, 0.717) is 13.2 Å². The number of Topliss-reactive ketones (excluding diaryl/α,β-unsaturated/α-hetero) is 1. The summed E-state index contributed by atoms with van der Waals surface area (Å²) in [5, 5.41) is 3.35. The number of rotatable bonds is 5. The van der Waals surface area contributed by atoms with Gasteiger partial charge in [0, 0.05) is 6.54 Å². The number of aryl methyl sites for hydroxylation is 2. The predicted molar refractivity (Wildman–Crippen MR) is 77.0 cm³/mol. The van der Waals surface area contributed by atoms with E-state index in [1.165, 1.54) is 6.42 Å². The van der Waals surface area contributed by atoms with Crippen molar-refractivity contribution in [2.24, 2.45) is 5.92 Å². The number of carbonyl (C=O) groups excluding carboxylic acids is 1. The highest BCUT2D eigenvalue weighted by Gasteiger charge is 2.30. The maximum absolute atomic E-state index is 12.5. The average molecular weight is 261 g/mol. The highest BCUT2D eigenvalue weighted by Crippen LogP contribution is 2.32. The molecule has 0 radical (unpaired) electrons. The van der Waals surface area contributed by atoms with Gasteiger partial charge in [-0.15, -0.1) is 0 Å². The van der Waals surface area contributed by atoms with Crippen LogP contribution in [0.5, 0.6) is 5.75 Å². The Hall–Kier alpha value is -1.35. The number of nitrogens with one attached hydrogen (secondary N) is 1. The summed E-state index contributed by atoms with van der Waals surface area (Å²) < 4.78 is 5.81. The van der Waals surface area contributed by atoms with E-state index in [1.54, 1.807) is 0 Å². The van der Waals surface area contributed by atoms with Crippen molar-refractivity contribution < 1.29 is 9.53 Å². The predicted octanol–water partition coefficient (Wildman–Crippen LogP) is 2.88. The Morgan fingerprint density at radius 3 is 2.79 bits per heavy atom. The highest BCUT2D eigenvalue weighted by atomic mass is 16.5. The van der Waals surface area contributed by atoms with Crippen molar-refractivity contribution in [3.8, 4) is 5.75 Å². The lowest BCUT2D eigenvalue weighted by Crippen LogP contribution is -2.37. The number of fused-ring (bicyclic) bond motifs is 1. The van der Waals surface area contributed by atoms with Gasteiger partial charge in [-0.05, 0) is 37.9 Å². The number of ketones is 1. The Balaban J connectivity index is 2.09. The molecule has 1 aliphatic rings. The molecule has 0 bridgehead atoms. The summed E-state index contributed by atoms with van der Waals surface area (Å²) in [6, 6.07) is 4.02. The Kier molecular flexibility index (Phi) is 4.59.